The summed E-state index contributed by atoms with van der Waals surface area (Å²) in [5.74, 6) is 0. The Labute approximate surface area is 205 Å². The van der Waals surface area contributed by atoms with Crippen LogP contribution in [-0.2, 0) is 0 Å². The Kier molecular flexibility index (Phi) is 6.55. The molecular formula is C24H16Cl2N8. The minimum Gasteiger partial charge on any atom is -0.239 e. The van der Waals surface area contributed by atoms with Crippen molar-refractivity contribution in [3.8, 4) is 23.5 Å². The number of rotatable bonds is 5. The number of benzene rings is 2. The lowest BCUT2D eigenvalue weighted by atomic mass is 10.2. The normalized spacial score (nSPS) is 11.8. The average molecular weight is 487 g/mol. The summed E-state index contributed by atoms with van der Waals surface area (Å²) in [5, 5.41) is 37.8. The van der Waals surface area contributed by atoms with Crippen LogP contribution in [-0.4, -0.2) is 31.0 Å². The third-order valence-electron chi connectivity index (χ3n) is 4.89. The van der Waals surface area contributed by atoms with Crippen LogP contribution in [0.25, 0.3) is 11.4 Å². The van der Waals surface area contributed by atoms with Gasteiger partial charge in [-0.3, -0.25) is 0 Å². The van der Waals surface area contributed by atoms with Gasteiger partial charge in [-0.25, -0.2) is 9.36 Å². The molecule has 166 valence electrons. The Morgan fingerprint density at radius 3 is 1.38 bits per heavy atom. The van der Waals surface area contributed by atoms with Gasteiger partial charge in [0.1, 0.15) is 23.5 Å². The van der Waals surface area contributed by atoms with E-state index in [2.05, 4.69) is 32.5 Å². The molecule has 0 radical (unpaired) electrons. The molecule has 2 aromatic heterocycles. The monoisotopic (exact) mass is 486 g/mol. The van der Waals surface area contributed by atoms with Crippen LogP contribution in [0.1, 0.15) is 36.4 Å². The van der Waals surface area contributed by atoms with Gasteiger partial charge in [0.25, 0.3) is 0 Å². The van der Waals surface area contributed by atoms with Gasteiger partial charge in [-0.05, 0) is 62.4 Å². The van der Waals surface area contributed by atoms with E-state index in [0.29, 0.717) is 44.0 Å². The molecule has 0 N–H and O–H groups in total. The zero-order chi connectivity index (χ0) is 24.2. The van der Waals surface area contributed by atoms with E-state index in [-0.39, 0.29) is 0 Å². The Morgan fingerprint density at radius 2 is 1.06 bits per heavy atom. The zero-order valence-corrected chi connectivity index (χ0v) is 19.6. The second kappa shape index (κ2) is 9.72. The average Bonchev–Trinajstić information content (AvgIpc) is 3.48. The number of halogens is 2. The van der Waals surface area contributed by atoms with Gasteiger partial charge in [-0.1, -0.05) is 23.2 Å². The molecule has 4 rings (SSSR count). The van der Waals surface area contributed by atoms with Gasteiger partial charge >= 0.3 is 0 Å². The lowest BCUT2D eigenvalue weighted by Crippen LogP contribution is -2.03. The highest BCUT2D eigenvalue weighted by molar-refractivity contribution is 6.30. The SMILES string of the molecule is C/C(=N/N=C(\C)c1nn(-c2ccc(Cl)cc2)cc1C#N)c1nn(-c2ccc(Cl)cc2)cc1C#N. The van der Waals surface area contributed by atoms with Crippen LogP contribution in [0.5, 0.6) is 0 Å². The Morgan fingerprint density at radius 1 is 0.706 bits per heavy atom. The van der Waals surface area contributed by atoms with E-state index in [9.17, 15) is 10.5 Å². The second-order valence-corrected chi connectivity index (χ2v) is 8.09. The molecule has 2 aromatic carbocycles. The van der Waals surface area contributed by atoms with Gasteiger partial charge in [0.05, 0.1) is 33.9 Å². The number of hydrogen-bond acceptors (Lipinski definition) is 6. The van der Waals surface area contributed by atoms with Crippen molar-refractivity contribution in [2.45, 2.75) is 13.8 Å². The highest BCUT2D eigenvalue weighted by Crippen LogP contribution is 2.18. The van der Waals surface area contributed by atoms with Crippen LogP contribution in [0, 0.1) is 22.7 Å². The summed E-state index contributed by atoms with van der Waals surface area (Å²) >= 11 is 11.9. The van der Waals surface area contributed by atoms with E-state index in [1.165, 1.54) is 0 Å². The molecule has 0 fully saturated rings. The summed E-state index contributed by atoms with van der Waals surface area (Å²) in [6, 6.07) is 18.5. The van der Waals surface area contributed by atoms with E-state index in [0.717, 1.165) is 11.4 Å². The number of aromatic nitrogens is 4. The fourth-order valence-electron chi connectivity index (χ4n) is 3.14. The molecule has 8 nitrogen and oxygen atoms in total. The molecule has 34 heavy (non-hydrogen) atoms. The molecule has 0 aliphatic rings. The molecule has 0 aliphatic carbocycles. The number of nitriles is 2. The summed E-state index contributed by atoms with van der Waals surface area (Å²) in [6.07, 6.45) is 3.24. The van der Waals surface area contributed by atoms with E-state index >= 15 is 0 Å². The van der Waals surface area contributed by atoms with Crippen LogP contribution in [0.4, 0.5) is 0 Å². The fourth-order valence-corrected chi connectivity index (χ4v) is 3.39. The van der Waals surface area contributed by atoms with Gasteiger partial charge in [0, 0.05) is 22.4 Å². The first-order valence-corrected chi connectivity index (χ1v) is 10.8. The predicted molar refractivity (Wildman–Crippen MR) is 131 cm³/mol. The van der Waals surface area contributed by atoms with Crippen LogP contribution in [0.2, 0.25) is 10.0 Å². The molecule has 0 saturated heterocycles. The van der Waals surface area contributed by atoms with Crippen molar-refractivity contribution in [1.82, 2.24) is 19.6 Å². The minimum atomic E-state index is 0.355. The molecule has 0 bridgehead atoms. The lowest BCUT2D eigenvalue weighted by Gasteiger charge is -2.01. The maximum atomic E-state index is 9.55. The lowest BCUT2D eigenvalue weighted by molar-refractivity contribution is 0.873. The van der Waals surface area contributed by atoms with Crippen LogP contribution < -0.4 is 0 Å². The molecular weight excluding hydrogens is 471 g/mol. The Bertz CT molecular complexity index is 1380. The van der Waals surface area contributed by atoms with Crippen molar-refractivity contribution >= 4 is 34.6 Å². The third kappa shape index (κ3) is 4.74. The highest BCUT2D eigenvalue weighted by atomic mass is 35.5. The summed E-state index contributed by atoms with van der Waals surface area (Å²) < 4.78 is 3.17. The molecule has 4 aromatic rings. The molecule has 0 amide bonds. The first-order valence-electron chi connectivity index (χ1n) is 10.0. The third-order valence-corrected chi connectivity index (χ3v) is 5.39. The zero-order valence-electron chi connectivity index (χ0n) is 18.1. The van der Waals surface area contributed by atoms with Crippen LogP contribution in [0.15, 0.2) is 71.1 Å². The summed E-state index contributed by atoms with van der Waals surface area (Å²) in [5.41, 5.74) is 3.92. The smallest absolute Gasteiger partial charge is 0.126 e. The maximum absolute atomic E-state index is 9.55. The van der Waals surface area contributed by atoms with Crippen molar-refractivity contribution < 1.29 is 0 Å². The van der Waals surface area contributed by atoms with E-state index < -0.39 is 0 Å². The molecule has 0 aliphatic heterocycles. The fraction of sp³-hybridized carbons (Fsp3) is 0.0833. The van der Waals surface area contributed by atoms with Crippen molar-refractivity contribution in [2.24, 2.45) is 10.2 Å². The molecule has 2 heterocycles. The Balaban J connectivity index is 1.65. The van der Waals surface area contributed by atoms with Gasteiger partial charge < -0.3 is 0 Å². The maximum Gasteiger partial charge on any atom is 0.126 e. The van der Waals surface area contributed by atoms with Gasteiger partial charge in [-0.15, -0.1) is 0 Å². The van der Waals surface area contributed by atoms with Crippen LogP contribution in [0.3, 0.4) is 0 Å². The topological polar surface area (TPSA) is 108 Å². The number of nitrogens with zero attached hydrogens (tertiary/aromatic N) is 8. The predicted octanol–water partition coefficient (Wildman–Crippen LogP) is 5.34. The summed E-state index contributed by atoms with van der Waals surface area (Å²) in [4.78, 5) is 0. The molecule has 0 unspecified atom stereocenters. The van der Waals surface area contributed by atoms with Gasteiger partial charge in [0.2, 0.25) is 0 Å². The summed E-state index contributed by atoms with van der Waals surface area (Å²) in [7, 11) is 0. The van der Waals surface area contributed by atoms with Crippen molar-refractivity contribution in [2.75, 3.05) is 0 Å². The number of hydrogen-bond donors (Lipinski definition) is 0. The first-order chi connectivity index (χ1) is 16.4. The minimum absolute atomic E-state index is 0.355. The largest absolute Gasteiger partial charge is 0.239 e. The molecule has 0 saturated carbocycles. The standard InChI is InChI=1S/C24H16Cl2N8/c1-15(23-17(11-27)13-33(31-23)21-7-3-19(25)4-8-21)29-30-16(2)24-18(12-28)14-34(32-24)22-9-5-20(26)6-10-22/h3-10,13-14H,1-2H3/b29-15-,30-16+. The molecule has 0 atom stereocenters. The highest BCUT2D eigenvalue weighted by Gasteiger charge is 2.15. The van der Waals surface area contributed by atoms with Gasteiger partial charge in [0.15, 0.2) is 0 Å². The van der Waals surface area contributed by atoms with Gasteiger partial charge in [-0.2, -0.15) is 30.9 Å². The van der Waals surface area contributed by atoms with E-state index in [1.54, 1.807) is 84.1 Å². The molecule has 0 spiro atoms. The Hall–Kier alpha value is -4.24. The van der Waals surface area contributed by atoms with E-state index in [1.807, 2.05) is 0 Å². The van der Waals surface area contributed by atoms with Crippen LogP contribution >= 0.6 is 23.2 Å². The summed E-state index contributed by atoms with van der Waals surface area (Å²) in [6.45, 7) is 3.42. The first kappa shape index (κ1) is 22.9. The molecule has 10 heteroatoms. The van der Waals surface area contributed by atoms with Crippen molar-refractivity contribution in [1.29, 1.82) is 10.5 Å². The van der Waals surface area contributed by atoms with Crippen molar-refractivity contribution in [3.63, 3.8) is 0 Å². The quantitative estimate of drug-likeness (QED) is 0.280. The second-order valence-electron chi connectivity index (χ2n) is 7.22. The van der Waals surface area contributed by atoms with Crippen molar-refractivity contribution in [3.05, 3.63) is 93.5 Å². The van der Waals surface area contributed by atoms with E-state index in [4.69, 9.17) is 23.2 Å².